The molecule has 0 spiro atoms. The van der Waals surface area contributed by atoms with Gasteiger partial charge >= 0.3 is 0 Å². The highest BCUT2D eigenvalue weighted by molar-refractivity contribution is 14.1. The van der Waals surface area contributed by atoms with Crippen LogP contribution in [0.1, 0.15) is 0 Å². The van der Waals surface area contributed by atoms with Crippen molar-refractivity contribution in [2.45, 2.75) is 0 Å². The van der Waals surface area contributed by atoms with Gasteiger partial charge in [-0.2, -0.15) is 0 Å². The van der Waals surface area contributed by atoms with Crippen LogP contribution >= 0.6 is 92.2 Å². The minimum Gasteiger partial charge on any atom is -0.255 e. The maximum atomic E-state index is 6.31. The van der Waals surface area contributed by atoms with Crippen molar-refractivity contribution in [1.82, 2.24) is 4.98 Å². The molecule has 0 fully saturated rings. The molecule has 0 atom stereocenters. The predicted octanol–water partition coefficient (Wildman–Crippen LogP) is 8.94. The molecule has 1 aromatic heterocycles. The molecule has 0 unspecified atom stereocenters. The summed E-state index contributed by atoms with van der Waals surface area (Å²) in [6, 6.07) is 8.39. The second kappa shape index (κ2) is 7.97. The monoisotopic (exact) mass is 561 g/mol. The number of rotatable bonds is 2. The second-order valence-corrected chi connectivity index (χ2v) is 8.70. The molecule has 0 amide bonds. The highest BCUT2D eigenvalue weighted by Gasteiger charge is 2.17. The Kier molecular flexibility index (Phi) is 6.32. The van der Waals surface area contributed by atoms with Gasteiger partial charge in [-0.05, 0) is 52.9 Å². The topological polar surface area (TPSA) is 12.9 Å². The van der Waals surface area contributed by atoms with Crippen LogP contribution in [0, 0.1) is 3.57 Å². The molecule has 128 valence electrons. The summed E-state index contributed by atoms with van der Waals surface area (Å²) in [5.74, 6) is 0. The largest absolute Gasteiger partial charge is 0.255 e. The first-order chi connectivity index (χ1) is 11.8. The zero-order valence-electron chi connectivity index (χ0n) is 12.1. The Morgan fingerprint density at radius 1 is 0.640 bits per heavy atom. The molecule has 25 heavy (non-hydrogen) atoms. The summed E-state index contributed by atoms with van der Waals surface area (Å²) in [4.78, 5) is 4.48. The van der Waals surface area contributed by atoms with Gasteiger partial charge in [-0.15, -0.1) is 0 Å². The lowest BCUT2D eigenvalue weighted by Crippen LogP contribution is -1.92. The second-order valence-electron chi connectivity index (χ2n) is 5.04. The smallest absolute Gasteiger partial charge is 0.0743 e. The van der Waals surface area contributed by atoms with Crippen molar-refractivity contribution in [3.8, 4) is 22.4 Å². The lowest BCUT2D eigenvalue weighted by Gasteiger charge is -2.12. The first-order valence-electron chi connectivity index (χ1n) is 6.73. The minimum atomic E-state index is 0.427. The van der Waals surface area contributed by atoms with E-state index >= 15 is 0 Å². The van der Waals surface area contributed by atoms with E-state index in [-0.39, 0.29) is 0 Å². The van der Waals surface area contributed by atoms with Gasteiger partial charge in [0.15, 0.2) is 0 Å². The Morgan fingerprint density at radius 3 is 1.52 bits per heavy atom. The fourth-order valence-corrected chi connectivity index (χ4v) is 5.07. The molecule has 0 aliphatic rings. The molecule has 0 N–H and O–H groups in total. The summed E-state index contributed by atoms with van der Waals surface area (Å²) in [5.41, 5.74) is 2.70. The van der Waals surface area contributed by atoms with Crippen molar-refractivity contribution in [1.29, 1.82) is 0 Å². The average molecular weight is 564 g/mol. The molecule has 0 saturated heterocycles. The average Bonchev–Trinajstić information content (AvgIpc) is 2.47. The first-order valence-corrected chi connectivity index (χ1v) is 10.1. The van der Waals surface area contributed by atoms with Gasteiger partial charge < -0.3 is 0 Å². The summed E-state index contributed by atoms with van der Waals surface area (Å²) >= 11 is 39.3. The third-order valence-electron chi connectivity index (χ3n) is 3.39. The number of halogens is 7. The highest BCUT2D eigenvalue weighted by atomic mass is 127. The maximum Gasteiger partial charge on any atom is 0.0743 e. The standard InChI is InChI=1S/C17H6Cl6IN/c18-7-1-10(20)16(11(21)2-7)9-6-25-15(5-14(9)24)17-12(22)3-8(19)4-13(17)23/h1-6H. The number of aromatic nitrogens is 1. The van der Waals surface area contributed by atoms with E-state index in [9.17, 15) is 0 Å². The summed E-state index contributed by atoms with van der Waals surface area (Å²) < 4.78 is 0.885. The third kappa shape index (κ3) is 4.16. The van der Waals surface area contributed by atoms with Gasteiger partial charge in [0, 0.05) is 36.5 Å². The number of hydrogen-bond donors (Lipinski definition) is 0. The molecule has 3 aromatic rings. The van der Waals surface area contributed by atoms with Gasteiger partial charge in [-0.3, -0.25) is 4.98 Å². The van der Waals surface area contributed by atoms with Gasteiger partial charge in [0.25, 0.3) is 0 Å². The van der Waals surface area contributed by atoms with E-state index < -0.39 is 0 Å². The van der Waals surface area contributed by atoms with Crippen molar-refractivity contribution >= 4 is 92.2 Å². The van der Waals surface area contributed by atoms with E-state index in [0.29, 0.717) is 47.0 Å². The number of hydrogen-bond acceptors (Lipinski definition) is 1. The van der Waals surface area contributed by atoms with Crippen LogP contribution in [0.4, 0.5) is 0 Å². The molecule has 0 aliphatic carbocycles. The number of nitrogens with zero attached hydrogens (tertiary/aromatic N) is 1. The Morgan fingerprint density at radius 2 is 1.08 bits per heavy atom. The lowest BCUT2D eigenvalue weighted by atomic mass is 10.1. The SMILES string of the molecule is Clc1cc(Cl)c(-c2cc(I)c(-c3c(Cl)cc(Cl)cc3Cl)cn2)c(Cl)c1. The Labute approximate surface area is 188 Å². The fraction of sp³-hybridized carbons (Fsp3) is 0. The first kappa shape index (κ1) is 19.8. The summed E-state index contributed by atoms with van der Waals surface area (Å²) in [7, 11) is 0. The summed E-state index contributed by atoms with van der Waals surface area (Å²) in [5, 5.41) is 2.69. The number of pyridine rings is 1. The molecular formula is C17H6Cl6IN. The van der Waals surface area contributed by atoms with E-state index in [1.54, 1.807) is 30.5 Å². The van der Waals surface area contributed by atoms with Crippen molar-refractivity contribution in [3.63, 3.8) is 0 Å². The van der Waals surface area contributed by atoms with Crippen molar-refractivity contribution in [3.05, 3.63) is 70.2 Å². The van der Waals surface area contributed by atoms with Crippen molar-refractivity contribution in [2.24, 2.45) is 0 Å². The van der Waals surface area contributed by atoms with Crippen molar-refractivity contribution < 1.29 is 0 Å². The minimum absolute atomic E-state index is 0.427. The van der Waals surface area contributed by atoms with Crippen molar-refractivity contribution in [2.75, 3.05) is 0 Å². The van der Waals surface area contributed by atoms with Crippen LogP contribution in [-0.2, 0) is 0 Å². The zero-order valence-corrected chi connectivity index (χ0v) is 18.8. The summed E-state index contributed by atoms with van der Waals surface area (Å²) in [6.07, 6.45) is 1.68. The molecule has 0 bridgehead atoms. The molecular weight excluding hydrogens is 558 g/mol. The molecule has 0 radical (unpaired) electrons. The Hall–Kier alpha value is 0.0600. The quantitative estimate of drug-likeness (QED) is 0.284. The van der Waals surface area contributed by atoms with Crippen LogP contribution in [-0.4, -0.2) is 4.98 Å². The van der Waals surface area contributed by atoms with Crippen LogP contribution in [0.5, 0.6) is 0 Å². The van der Waals surface area contributed by atoms with Crippen LogP contribution in [0.25, 0.3) is 22.4 Å². The lowest BCUT2D eigenvalue weighted by molar-refractivity contribution is 1.31. The molecule has 1 heterocycles. The number of benzene rings is 2. The summed E-state index contributed by atoms with van der Waals surface area (Å²) in [6.45, 7) is 0. The van der Waals surface area contributed by atoms with Crippen LogP contribution < -0.4 is 0 Å². The van der Waals surface area contributed by atoms with E-state index in [1.807, 2.05) is 6.07 Å². The predicted molar refractivity (Wildman–Crippen MR) is 118 cm³/mol. The third-order valence-corrected chi connectivity index (χ3v) is 5.91. The van der Waals surface area contributed by atoms with Gasteiger partial charge in [-0.25, -0.2) is 0 Å². The molecule has 0 saturated carbocycles. The van der Waals surface area contributed by atoms with Crippen LogP contribution in [0.3, 0.4) is 0 Å². The molecule has 2 aromatic carbocycles. The van der Waals surface area contributed by atoms with E-state index in [4.69, 9.17) is 69.6 Å². The van der Waals surface area contributed by atoms with Gasteiger partial charge in [0.2, 0.25) is 0 Å². The maximum absolute atomic E-state index is 6.31. The fourth-order valence-electron chi connectivity index (χ4n) is 2.34. The Bertz CT molecular complexity index is 943. The van der Waals surface area contributed by atoms with E-state index in [1.165, 1.54) is 0 Å². The highest BCUT2D eigenvalue weighted by Crippen LogP contribution is 2.41. The van der Waals surface area contributed by atoms with E-state index in [2.05, 4.69) is 27.6 Å². The van der Waals surface area contributed by atoms with Gasteiger partial charge in [-0.1, -0.05) is 69.6 Å². The molecule has 0 aliphatic heterocycles. The Balaban J connectivity index is 2.15. The van der Waals surface area contributed by atoms with Gasteiger partial charge in [0.1, 0.15) is 0 Å². The normalized spacial score (nSPS) is 11.0. The molecule has 3 rings (SSSR count). The van der Waals surface area contributed by atoms with Crippen LogP contribution in [0.2, 0.25) is 30.1 Å². The molecule has 1 nitrogen and oxygen atoms in total. The van der Waals surface area contributed by atoms with Gasteiger partial charge in [0.05, 0.1) is 25.8 Å². The van der Waals surface area contributed by atoms with Crippen LogP contribution in [0.15, 0.2) is 36.5 Å². The molecule has 8 heteroatoms. The van der Waals surface area contributed by atoms with E-state index in [0.717, 1.165) is 9.13 Å². The zero-order chi connectivity index (χ0) is 18.3.